The van der Waals surface area contributed by atoms with Crippen LogP contribution in [0.2, 0.25) is 0 Å². The second-order valence-corrected chi connectivity index (χ2v) is 9.27. The van der Waals surface area contributed by atoms with E-state index in [1.807, 2.05) is 54.6 Å². The molecule has 1 saturated heterocycles. The third-order valence-electron chi connectivity index (χ3n) is 6.82. The number of rotatable bonds is 7. The number of nitrogens with one attached hydrogen (secondary N) is 4. The van der Waals surface area contributed by atoms with Crippen LogP contribution < -0.4 is 21.3 Å². The fraction of sp³-hybridized carbons (Fsp3) is 0.370. The van der Waals surface area contributed by atoms with E-state index in [0.29, 0.717) is 12.4 Å². The molecular formula is C27H32N6O2. The highest BCUT2D eigenvalue weighted by molar-refractivity contribution is 5.89. The Hall–Kier alpha value is -3.65. The van der Waals surface area contributed by atoms with E-state index in [0.717, 1.165) is 49.8 Å². The molecule has 1 aliphatic carbocycles. The molecule has 8 heteroatoms. The van der Waals surface area contributed by atoms with Crippen LogP contribution in [-0.4, -0.2) is 34.3 Å². The standard InChI is InChI=1S/C27H32N6O2/c34-25-21-15-7-8-16-22(21)29-26(31-25)33-24(18-23(32-33)20-13-5-2-6-14-20)30-27(35)28-17-9-12-19-10-3-1-4-11-19/h1-6,10-11,13-14,18,21-22,26,29H,7-9,12,15-17H2,(H,31,34)(H2,28,30,35). The Morgan fingerprint density at radius 3 is 2.57 bits per heavy atom. The van der Waals surface area contributed by atoms with Crippen LogP contribution >= 0.6 is 0 Å². The maximum absolute atomic E-state index is 12.8. The van der Waals surface area contributed by atoms with Crippen molar-refractivity contribution in [3.8, 4) is 11.3 Å². The average molecular weight is 473 g/mol. The Morgan fingerprint density at radius 1 is 1.03 bits per heavy atom. The van der Waals surface area contributed by atoms with Gasteiger partial charge >= 0.3 is 6.03 Å². The minimum absolute atomic E-state index is 0.00604. The van der Waals surface area contributed by atoms with Crippen LogP contribution in [0.15, 0.2) is 66.7 Å². The number of carbonyl (C=O) groups is 2. The number of hydrogen-bond donors (Lipinski definition) is 4. The van der Waals surface area contributed by atoms with E-state index >= 15 is 0 Å². The molecule has 0 bridgehead atoms. The van der Waals surface area contributed by atoms with Gasteiger partial charge in [-0.2, -0.15) is 5.10 Å². The summed E-state index contributed by atoms with van der Waals surface area (Å²) >= 11 is 0. The number of amides is 3. The zero-order valence-electron chi connectivity index (χ0n) is 19.7. The molecule has 2 heterocycles. The molecule has 2 fully saturated rings. The number of anilines is 1. The smallest absolute Gasteiger partial charge is 0.320 e. The fourth-order valence-electron chi connectivity index (χ4n) is 5.00. The number of fused-ring (bicyclic) bond motifs is 1. The molecule has 3 aromatic rings. The Labute approximate surface area is 205 Å². The van der Waals surface area contributed by atoms with Gasteiger partial charge in [0.2, 0.25) is 5.91 Å². The summed E-state index contributed by atoms with van der Waals surface area (Å²) in [5, 5.41) is 17.2. The molecule has 2 aliphatic rings. The number of hydrogen-bond acceptors (Lipinski definition) is 4. The third kappa shape index (κ3) is 5.54. The van der Waals surface area contributed by atoms with Crippen LogP contribution in [0, 0.1) is 5.92 Å². The zero-order valence-corrected chi connectivity index (χ0v) is 19.7. The second kappa shape index (κ2) is 10.7. The van der Waals surface area contributed by atoms with Crippen LogP contribution in [0.3, 0.4) is 0 Å². The molecule has 3 amide bonds. The first-order chi connectivity index (χ1) is 17.2. The van der Waals surface area contributed by atoms with Crippen molar-refractivity contribution in [2.45, 2.75) is 50.9 Å². The predicted octanol–water partition coefficient (Wildman–Crippen LogP) is 4.04. The normalized spacial score (nSPS) is 21.6. The van der Waals surface area contributed by atoms with E-state index in [-0.39, 0.29) is 23.9 Å². The molecule has 1 aliphatic heterocycles. The fourth-order valence-corrected chi connectivity index (χ4v) is 5.00. The molecule has 1 aromatic heterocycles. The molecule has 8 nitrogen and oxygen atoms in total. The van der Waals surface area contributed by atoms with Gasteiger partial charge in [0.15, 0.2) is 6.29 Å². The van der Waals surface area contributed by atoms with Crippen LogP contribution in [0.4, 0.5) is 10.6 Å². The molecule has 2 aromatic carbocycles. The Kier molecular flexibility index (Phi) is 7.09. The number of carbonyl (C=O) groups excluding carboxylic acids is 2. The predicted molar refractivity (Wildman–Crippen MR) is 136 cm³/mol. The molecule has 4 N–H and O–H groups in total. The van der Waals surface area contributed by atoms with Crippen molar-refractivity contribution in [1.82, 2.24) is 25.7 Å². The van der Waals surface area contributed by atoms with Crippen LogP contribution in [-0.2, 0) is 11.2 Å². The van der Waals surface area contributed by atoms with Crippen molar-refractivity contribution < 1.29 is 9.59 Å². The van der Waals surface area contributed by atoms with Crippen LogP contribution in [0.25, 0.3) is 11.3 Å². The van der Waals surface area contributed by atoms with Gasteiger partial charge in [-0.25, -0.2) is 9.48 Å². The van der Waals surface area contributed by atoms with Gasteiger partial charge in [0.25, 0.3) is 0 Å². The van der Waals surface area contributed by atoms with Gasteiger partial charge in [-0.15, -0.1) is 0 Å². The maximum atomic E-state index is 12.8. The van der Waals surface area contributed by atoms with Gasteiger partial charge in [-0.1, -0.05) is 73.5 Å². The van der Waals surface area contributed by atoms with Gasteiger partial charge in [-0.05, 0) is 31.2 Å². The first kappa shape index (κ1) is 23.1. The van der Waals surface area contributed by atoms with E-state index in [1.54, 1.807) is 4.68 Å². The number of aryl methyl sites for hydroxylation is 1. The lowest BCUT2D eigenvalue weighted by Crippen LogP contribution is -2.59. The van der Waals surface area contributed by atoms with Crippen molar-refractivity contribution in [1.29, 1.82) is 0 Å². The molecule has 3 atom stereocenters. The lowest BCUT2D eigenvalue weighted by molar-refractivity contribution is -0.132. The Balaban J connectivity index is 1.29. The minimum atomic E-state index is -0.521. The first-order valence-corrected chi connectivity index (χ1v) is 12.5. The van der Waals surface area contributed by atoms with Crippen LogP contribution in [0.5, 0.6) is 0 Å². The molecule has 1 saturated carbocycles. The van der Waals surface area contributed by atoms with Gasteiger partial charge in [0.05, 0.1) is 11.6 Å². The van der Waals surface area contributed by atoms with E-state index in [1.165, 1.54) is 5.56 Å². The summed E-state index contributed by atoms with van der Waals surface area (Å²) < 4.78 is 1.68. The van der Waals surface area contributed by atoms with Crippen molar-refractivity contribution in [3.63, 3.8) is 0 Å². The molecule has 182 valence electrons. The molecule has 0 radical (unpaired) electrons. The van der Waals surface area contributed by atoms with E-state index in [4.69, 9.17) is 5.10 Å². The summed E-state index contributed by atoms with van der Waals surface area (Å²) in [6.07, 6.45) is 5.28. The van der Waals surface area contributed by atoms with Gasteiger partial charge in [0.1, 0.15) is 5.82 Å². The first-order valence-electron chi connectivity index (χ1n) is 12.5. The number of nitrogens with zero attached hydrogens (tertiary/aromatic N) is 2. The topological polar surface area (TPSA) is 100 Å². The summed E-state index contributed by atoms with van der Waals surface area (Å²) in [4.78, 5) is 25.5. The van der Waals surface area contributed by atoms with Crippen molar-refractivity contribution in [2.75, 3.05) is 11.9 Å². The highest BCUT2D eigenvalue weighted by Gasteiger charge is 2.38. The van der Waals surface area contributed by atoms with Gasteiger partial charge < -0.3 is 10.6 Å². The van der Waals surface area contributed by atoms with Gasteiger partial charge in [-0.3, -0.25) is 15.4 Å². The van der Waals surface area contributed by atoms with E-state index < -0.39 is 6.29 Å². The lowest BCUT2D eigenvalue weighted by atomic mass is 9.83. The number of benzene rings is 2. The average Bonchev–Trinajstić information content (AvgIpc) is 3.31. The van der Waals surface area contributed by atoms with Crippen LogP contribution in [0.1, 0.15) is 44.0 Å². The molecule has 0 spiro atoms. The molecule has 35 heavy (non-hydrogen) atoms. The largest absolute Gasteiger partial charge is 0.338 e. The molecule has 3 unspecified atom stereocenters. The summed E-state index contributed by atoms with van der Waals surface area (Å²) in [5.41, 5.74) is 2.92. The summed E-state index contributed by atoms with van der Waals surface area (Å²) in [7, 11) is 0. The molecular weight excluding hydrogens is 440 g/mol. The SMILES string of the molecule is O=C(NCCCc1ccccc1)Nc1cc(-c2ccccc2)nn1C1NC(=O)C2CCCCC2N1. The zero-order chi connectivity index (χ0) is 24.0. The van der Waals surface area contributed by atoms with Crippen molar-refractivity contribution in [3.05, 3.63) is 72.3 Å². The molecule has 5 rings (SSSR count). The van der Waals surface area contributed by atoms with Gasteiger partial charge in [0, 0.05) is 24.2 Å². The lowest BCUT2D eigenvalue weighted by Gasteiger charge is -2.40. The highest BCUT2D eigenvalue weighted by Crippen LogP contribution is 2.30. The monoisotopic (exact) mass is 472 g/mol. The summed E-state index contributed by atoms with van der Waals surface area (Å²) in [6, 6.07) is 21.7. The minimum Gasteiger partial charge on any atom is -0.338 e. The maximum Gasteiger partial charge on any atom is 0.320 e. The Morgan fingerprint density at radius 2 is 1.77 bits per heavy atom. The van der Waals surface area contributed by atoms with E-state index in [2.05, 4.69) is 33.4 Å². The summed E-state index contributed by atoms with van der Waals surface area (Å²) in [6.45, 7) is 0.558. The number of aromatic nitrogens is 2. The second-order valence-electron chi connectivity index (χ2n) is 9.27. The Bertz CT molecular complexity index is 1150. The third-order valence-corrected chi connectivity index (χ3v) is 6.82. The van der Waals surface area contributed by atoms with E-state index in [9.17, 15) is 9.59 Å². The van der Waals surface area contributed by atoms with Crippen molar-refractivity contribution in [2.24, 2.45) is 5.92 Å². The highest BCUT2D eigenvalue weighted by atomic mass is 16.2. The quantitative estimate of drug-likeness (QED) is 0.390. The number of urea groups is 1. The summed E-state index contributed by atoms with van der Waals surface area (Å²) in [5.74, 6) is 0.566. The van der Waals surface area contributed by atoms with Crippen molar-refractivity contribution >= 4 is 17.8 Å².